The maximum absolute atomic E-state index is 13.9. The van der Waals surface area contributed by atoms with Crippen LogP contribution < -0.4 is 0 Å². The van der Waals surface area contributed by atoms with E-state index in [-0.39, 0.29) is 34.4 Å². The molecule has 5 unspecified atom stereocenters. The Morgan fingerprint density at radius 1 is 1.07 bits per heavy atom. The number of aliphatic hydroxyl groups excluding tert-OH is 1. The molecule has 8 nitrogen and oxygen atoms in total. The Morgan fingerprint density at radius 3 is 2.45 bits per heavy atom. The number of benzene rings is 2. The summed E-state index contributed by atoms with van der Waals surface area (Å²) in [5, 5.41) is 19.8. The van der Waals surface area contributed by atoms with Gasteiger partial charge in [-0.2, -0.15) is 23.4 Å². The summed E-state index contributed by atoms with van der Waals surface area (Å²) in [6.07, 6.45) is -6.12. The lowest BCUT2D eigenvalue weighted by Crippen LogP contribution is -2.60. The van der Waals surface area contributed by atoms with Crippen LogP contribution in [0.15, 0.2) is 42.7 Å². The highest BCUT2D eigenvalue weighted by Gasteiger charge is 2.54. The van der Waals surface area contributed by atoms with Gasteiger partial charge in [-0.1, -0.05) is 11.6 Å². The van der Waals surface area contributed by atoms with Gasteiger partial charge in [0, 0.05) is 16.8 Å². The van der Waals surface area contributed by atoms with Gasteiger partial charge >= 0.3 is 6.18 Å². The summed E-state index contributed by atoms with van der Waals surface area (Å²) >= 11 is 6.02. The molecule has 6 rings (SSSR count). The maximum atomic E-state index is 13.9. The van der Waals surface area contributed by atoms with Crippen LogP contribution in [0.4, 0.5) is 26.3 Å². The van der Waals surface area contributed by atoms with Gasteiger partial charge in [-0.05, 0) is 42.8 Å². The summed E-state index contributed by atoms with van der Waals surface area (Å²) in [5.41, 5.74) is -1.21. The number of aryl methyl sites for hydroxylation is 1. The third-order valence-corrected chi connectivity index (χ3v) is 7.08. The van der Waals surface area contributed by atoms with Crippen LogP contribution in [-0.2, 0) is 15.7 Å². The van der Waals surface area contributed by atoms with Crippen LogP contribution in [0, 0.1) is 24.4 Å². The molecule has 0 spiro atoms. The molecule has 5 atom stereocenters. The van der Waals surface area contributed by atoms with E-state index in [0.29, 0.717) is 0 Å². The Labute approximate surface area is 226 Å². The van der Waals surface area contributed by atoms with Crippen LogP contribution in [0.1, 0.15) is 29.4 Å². The van der Waals surface area contributed by atoms with Crippen molar-refractivity contribution in [3.05, 3.63) is 82.4 Å². The van der Waals surface area contributed by atoms with Gasteiger partial charge in [0.15, 0.2) is 23.3 Å². The number of nitrogens with zero attached hydrogens (tertiary/aromatic N) is 5. The molecular formula is C25H18ClF6N5O3. The molecule has 15 heteroatoms. The topological polar surface area (TPSA) is 87.2 Å². The number of rotatable bonds is 4. The SMILES string of the molecule is Cc1nc(C2OC3COC3C(n3cc(-c4cc(F)c(F)c(F)c4)cn3)C2O)n(-c2cc(Cl)ccc2C(F)(F)F)n1. The third kappa shape index (κ3) is 4.44. The second kappa shape index (κ2) is 9.58. The minimum absolute atomic E-state index is 0.00262. The first-order valence-electron chi connectivity index (χ1n) is 11.9. The molecule has 0 amide bonds. The second-order valence-electron chi connectivity index (χ2n) is 9.43. The van der Waals surface area contributed by atoms with E-state index in [2.05, 4.69) is 15.2 Å². The fourth-order valence-corrected chi connectivity index (χ4v) is 5.14. The van der Waals surface area contributed by atoms with Gasteiger partial charge in [0.05, 0.1) is 24.1 Å². The number of aromatic nitrogens is 5. The average molecular weight is 586 g/mol. The number of halogens is 7. The maximum Gasteiger partial charge on any atom is 0.418 e. The van der Waals surface area contributed by atoms with Crippen molar-refractivity contribution in [1.82, 2.24) is 24.5 Å². The number of hydrogen-bond acceptors (Lipinski definition) is 6. The van der Waals surface area contributed by atoms with Crippen LogP contribution in [0.5, 0.6) is 0 Å². The van der Waals surface area contributed by atoms with E-state index in [1.54, 1.807) is 0 Å². The van der Waals surface area contributed by atoms with E-state index >= 15 is 0 Å². The molecule has 2 aliphatic rings. The number of ether oxygens (including phenoxy) is 2. The van der Waals surface area contributed by atoms with Crippen molar-refractivity contribution < 1.29 is 40.9 Å². The number of aliphatic hydroxyl groups is 1. The molecule has 0 saturated carbocycles. The average Bonchev–Trinajstić information content (AvgIpc) is 3.50. The Balaban J connectivity index is 1.40. The number of fused-ring (bicyclic) bond motifs is 1. The Morgan fingerprint density at radius 2 is 1.80 bits per heavy atom. The van der Waals surface area contributed by atoms with E-state index in [0.717, 1.165) is 35.0 Å². The van der Waals surface area contributed by atoms with Gasteiger partial charge in [0.1, 0.15) is 36.3 Å². The van der Waals surface area contributed by atoms with Gasteiger partial charge in [0.2, 0.25) is 0 Å². The largest absolute Gasteiger partial charge is 0.418 e. The fourth-order valence-electron chi connectivity index (χ4n) is 4.97. The Kier molecular flexibility index (Phi) is 6.40. The molecule has 210 valence electrons. The third-order valence-electron chi connectivity index (χ3n) is 6.85. The first-order chi connectivity index (χ1) is 18.9. The summed E-state index contributed by atoms with van der Waals surface area (Å²) in [7, 11) is 0. The summed E-state index contributed by atoms with van der Waals surface area (Å²) in [6.45, 7) is 1.60. The minimum atomic E-state index is -4.75. The van der Waals surface area contributed by atoms with Gasteiger partial charge in [0.25, 0.3) is 0 Å². The van der Waals surface area contributed by atoms with Crippen molar-refractivity contribution >= 4 is 11.6 Å². The van der Waals surface area contributed by atoms with E-state index < -0.39 is 65.3 Å². The van der Waals surface area contributed by atoms with Crippen LogP contribution >= 0.6 is 11.6 Å². The smallest absolute Gasteiger partial charge is 0.388 e. The van der Waals surface area contributed by atoms with Crippen LogP contribution in [-0.4, -0.2) is 54.6 Å². The molecule has 4 aromatic rings. The van der Waals surface area contributed by atoms with Crippen molar-refractivity contribution in [3.63, 3.8) is 0 Å². The quantitative estimate of drug-likeness (QED) is 0.269. The second-order valence-corrected chi connectivity index (χ2v) is 9.86. The number of alkyl halides is 3. The van der Waals surface area contributed by atoms with E-state index in [1.165, 1.54) is 24.0 Å². The summed E-state index contributed by atoms with van der Waals surface area (Å²) in [6, 6.07) is 3.68. The van der Waals surface area contributed by atoms with Crippen LogP contribution in [0.25, 0.3) is 16.8 Å². The molecule has 0 bridgehead atoms. The lowest BCUT2D eigenvalue weighted by atomic mass is 9.89. The molecule has 40 heavy (non-hydrogen) atoms. The monoisotopic (exact) mass is 585 g/mol. The zero-order valence-corrected chi connectivity index (χ0v) is 21.0. The molecular weight excluding hydrogens is 568 g/mol. The van der Waals surface area contributed by atoms with Gasteiger partial charge in [-0.15, -0.1) is 0 Å². The van der Waals surface area contributed by atoms with E-state index in [1.807, 2.05) is 0 Å². The molecule has 2 aliphatic heterocycles. The molecule has 4 heterocycles. The standard InChI is InChI=1S/C25H18ClF6N5O3/c1-10-34-24(37(35-10)17-6-13(26)2-3-14(17)25(30,31)32)23-21(38)20(22-18(40-23)9-39-22)36-8-12(7-33-36)11-4-15(27)19(29)16(28)5-11/h2-8,18,20-23,38H,9H2,1H3. The van der Waals surface area contributed by atoms with Crippen molar-refractivity contribution in [2.45, 2.75) is 43.6 Å². The molecule has 1 N–H and O–H groups in total. The molecule has 0 radical (unpaired) electrons. The van der Waals surface area contributed by atoms with Gasteiger partial charge in [-0.3, -0.25) is 4.68 Å². The highest BCUT2D eigenvalue weighted by Crippen LogP contribution is 2.44. The summed E-state index contributed by atoms with van der Waals surface area (Å²) in [5.74, 6) is -4.37. The molecule has 2 saturated heterocycles. The predicted octanol–water partition coefficient (Wildman–Crippen LogP) is 4.97. The minimum Gasteiger partial charge on any atom is -0.388 e. The molecule has 0 aliphatic carbocycles. The van der Waals surface area contributed by atoms with E-state index in [9.17, 15) is 31.4 Å². The zero-order chi connectivity index (χ0) is 28.5. The van der Waals surface area contributed by atoms with E-state index in [4.69, 9.17) is 21.1 Å². The zero-order valence-electron chi connectivity index (χ0n) is 20.3. The predicted molar refractivity (Wildman–Crippen MR) is 126 cm³/mol. The van der Waals surface area contributed by atoms with Crippen molar-refractivity contribution in [3.8, 4) is 16.8 Å². The van der Waals surface area contributed by atoms with Crippen molar-refractivity contribution in [2.75, 3.05) is 6.61 Å². The summed E-state index contributed by atoms with van der Waals surface area (Å²) in [4.78, 5) is 4.27. The Bertz CT molecular complexity index is 1580. The number of hydrogen-bond donors (Lipinski definition) is 1. The van der Waals surface area contributed by atoms with Crippen molar-refractivity contribution in [1.29, 1.82) is 0 Å². The highest BCUT2D eigenvalue weighted by atomic mass is 35.5. The lowest BCUT2D eigenvalue weighted by Gasteiger charge is -2.49. The lowest BCUT2D eigenvalue weighted by molar-refractivity contribution is -0.288. The van der Waals surface area contributed by atoms with Crippen LogP contribution in [0.2, 0.25) is 5.02 Å². The van der Waals surface area contributed by atoms with Gasteiger partial charge in [-0.25, -0.2) is 22.8 Å². The normalized spacial score (nSPS) is 24.6. The molecule has 2 fully saturated rings. The van der Waals surface area contributed by atoms with Gasteiger partial charge < -0.3 is 14.6 Å². The van der Waals surface area contributed by atoms with Crippen molar-refractivity contribution in [2.24, 2.45) is 0 Å². The molecule has 2 aromatic heterocycles. The first kappa shape index (κ1) is 26.7. The Hall–Kier alpha value is -3.46. The first-order valence-corrected chi connectivity index (χ1v) is 12.2. The molecule has 2 aromatic carbocycles. The van der Waals surface area contributed by atoms with Crippen LogP contribution in [0.3, 0.4) is 0 Å². The fraction of sp³-hybridized carbons (Fsp3) is 0.320. The highest BCUT2D eigenvalue weighted by molar-refractivity contribution is 6.30. The summed E-state index contributed by atoms with van der Waals surface area (Å²) < 4.78 is 96.5.